The second-order valence-corrected chi connectivity index (χ2v) is 11.2. The number of anilines is 1. The summed E-state index contributed by atoms with van der Waals surface area (Å²) in [5.74, 6) is 1.85. The third kappa shape index (κ3) is 6.02. The van der Waals surface area contributed by atoms with Gasteiger partial charge in [0.25, 0.3) is 5.56 Å². The molecule has 220 valence electrons. The predicted molar refractivity (Wildman–Crippen MR) is 150 cm³/mol. The van der Waals surface area contributed by atoms with Crippen LogP contribution in [0.2, 0.25) is 0 Å². The average Bonchev–Trinajstić information content (AvgIpc) is 3.28. The van der Waals surface area contributed by atoms with Crippen LogP contribution in [0.5, 0.6) is 11.5 Å². The number of aliphatic hydroxyl groups is 3. The second-order valence-electron chi connectivity index (χ2n) is 11.2. The molecule has 0 radical (unpaired) electrons. The van der Waals surface area contributed by atoms with Gasteiger partial charge in [-0.3, -0.25) is 9.78 Å². The van der Waals surface area contributed by atoms with Crippen LogP contribution in [0.1, 0.15) is 37.8 Å². The average molecular weight is 568 g/mol. The summed E-state index contributed by atoms with van der Waals surface area (Å²) in [6, 6.07) is 8.66. The first-order chi connectivity index (χ1) is 19.9. The van der Waals surface area contributed by atoms with E-state index >= 15 is 0 Å². The van der Waals surface area contributed by atoms with Crippen molar-refractivity contribution in [2.24, 2.45) is 5.92 Å². The van der Waals surface area contributed by atoms with Gasteiger partial charge in [-0.1, -0.05) is 0 Å². The largest absolute Gasteiger partial charge is 0.492 e. The molecular formula is C29H37N5O7. The monoisotopic (exact) mass is 567 g/mol. The Kier molecular flexibility index (Phi) is 8.09. The van der Waals surface area contributed by atoms with Crippen LogP contribution >= 0.6 is 0 Å². The lowest BCUT2D eigenvalue weighted by molar-refractivity contribution is -0.0663. The molecule has 3 aromatic heterocycles. The summed E-state index contributed by atoms with van der Waals surface area (Å²) in [5.41, 5.74) is 1.58. The van der Waals surface area contributed by atoms with E-state index in [1.165, 1.54) is 10.6 Å². The molecule has 6 heterocycles. The van der Waals surface area contributed by atoms with Gasteiger partial charge < -0.3 is 44.7 Å². The molecule has 3 atom stereocenters. The number of nitrogens with one attached hydrogen (secondary N) is 2. The van der Waals surface area contributed by atoms with Crippen molar-refractivity contribution in [2.45, 2.75) is 69.2 Å². The van der Waals surface area contributed by atoms with Crippen molar-refractivity contribution in [1.29, 1.82) is 0 Å². The first-order valence-electron chi connectivity index (χ1n) is 14.3. The molecule has 4 aliphatic rings. The Morgan fingerprint density at radius 1 is 1.24 bits per heavy atom. The van der Waals surface area contributed by atoms with Gasteiger partial charge in [-0.05, 0) is 49.8 Å². The number of rotatable bonds is 10. The van der Waals surface area contributed by atoms with Crippen LogP contribution in [0.15, 0.2) is 41.3 Å². The zero-order chi connectivity index (χ0) is 28.4. The summed E-state index contributed by atoms with van der Waals surface area (Å²) in [4.78, 5) is 21.9. The van der Waals surface area contributed by atoms with Crippen LogP contribution in [0.25, 0.3) is 11.0 Å². The van der Waals surface area contributed by atoms with E-state index in [1.54, 1.807) is 18.3 Å². The van der Waals surface area contributed by atoms with E-state index in [2.05, 4.69) is 20.6 Å². The van der Waals surface area contributed by atoms with Crippen molar-refractivity contribution < 1.29 is 29.5 Å². The SMILES string of the molecule is O=c1ccc2ncc(OCCCO)cc2n1CC(O)C1OCC2(NCc3ccc4c(n3)NC(O)CO4)CCC1CC2. The molecule has 0 spiro atoms. The van der Waals surface area contributed by atoms with Gasteiger partial charge in [0.1, 0.15) is 12.4 Å². The van der Waals surface area contributed by atoms with Crippen LogP contribution in [0.3, 0.4) is 0 Å². The quantitative estimate of drug-likeness (QED) is 0.224. The van der Waals surface area contributed by atoms with Gasteiger partial charge in [-0.2, -0.15) is 0 Å². The van der Waals surface area contributed by atoms with E-state index in [-0.39, 0.29) is 36.8 Å². The molecule has 5 N–H and O–H groups in total. The standard InChI is InChI=1S/C29H37N5O7/c35-10-1-11-39-20-12-22-21(30-14-20)3-5-26(38)34(22)15-23(36)27-18-6-8-29(9-7-18,17-41-27)31-13-19-2-4-24-28(32-19)33-25(37)16-40-24/h2-5,12,14,18,23,25,27,31,35-37H,1,6-11,13,15-17H2,(H,32,33). The lowest BCUT2D eigenvalue weighted by Gasteiger charge is -2.37. The van der Waals surface area contributed by atoms with E-state index in [0.717, 1.165) is 31.4 Å². The molecule has 3 unspecified atom stereocenters. The first-order valence-corrected chi connectivity index (χ1v) is 14.3. The zero-order valence-corrected chi connectivity index (χ0v) is 22.9. The number of hydrogen-bond donors (Lipinski definition) is 5. The molecule has 3 aromatic rings. The Hall–Kier alpha value is -3.29. The Labute approximate surface area is 237 Å². The third-order valence-corrected chi connectivity index (χ3v) is 8.40. The number of hydrogen-bond acceptors (Lipinski definition) is 11. The highest BCUT2D eigenvalue weighted by Crippen LogP contribution is 2.40. The van der Waals surface area contributed by atoms with Gasteiger partial charge in [0, 0.05) is 37.2 Å². The molecule has 1 aliphatic carbocycles. The van der Waals surface area contributed by atoms with Crippen LogP contribution in [0, 0.1) is 5.92 Å². The second kappa shape index (κ2) is 11.9. The van der Waals surface area contributed by atoms with Crippen molar-refractivity contribution in [2.75, 3.05) is 31.7 Å². The first kappa shape index (κ1) is 27.9. The van der Waals surface area contributed by atoms with Crippen molar-refractivity contribution in [3.05, 3.63) is 52.6 Å². The molecule has 0 aromatic carbocycles. The van der Waals surface area contributed by atoms with Crippen LogP contribution < -0.4 is 25.7 Å². The molecule has 0 amide bonds. The minimum absolute atomic E-state index is 0.0279. The van der Waals surface area contributed by atoms with Crippen LogP contribution in [-0.2, 0) is 17.8 Å². The van der Waals surface area contributed by atoms with E-state index in [0.29, 0.717) is 54.5 Å². The van der Waals surface area contributed by atoms with Gasteiger partial charge in [0.15, 0.2) is 17.8 Å². The topological polar surface area (TPSA) is 160 Å². The van der Waals surface area contributed by atoms with E-state index in [9.17, 15) is 15.0 Å². The van der Waals surface area contributed by atoms with Crippen LogP contribution in [-0.4, -0.2) is 80.3 Å². The molecule has 3 aliphatic heterocycles. The van der Waals surface area contributed by atoms with Crippen molar-refractivity contribution in [1.82, 2.24) is 19.9 Å². The minimum atomic E-state index is -0.879. The number of aromatic nitrogens is 3. The molecule has 12 nitrogen and oxygen atoms in total. The van der Waals surface area contributed by atoms with Crippen molar-refractivity contribution in [3.8, 4) is 11.5 Å². The highest BCUT2D eigenvalue weighted by Gasteiger charge is 2.44. The molecule has 2 bridgehead atoms. The van der Waals surface area contributed by atoms with Gasteiger partial charge >= 0.3 is 0 Å². The highest BCUT2D eigenvalue weighted by molar-refractivity contribution is 5.75. The molecular weight excluding hydrogens is 530 g/mol. The van der Waals surface area contributed by atoms with Gasteiger partial charge in [0.05, 0.1) is 54.9 Å². The highest BCUT2D eigenvalue weighted by atomic mass is 16.5. The molecule has 41 heavy (non-hydrogen) atoms. The van der Waals surface area contributed by atoms with E-state index in [1.807, 2.05) is 12.1 Å². The molecule has 3 fully saturated rings. The summed E-state index contributed by atoms with van der Waals surface area (Å²) in [6.07, 6.45) is 3.68. The zero-order valence-electron chi connectivity index (χ0n) is 22.9. The molecule has 2 saturated heterocycles. The maximum absolute atomic E-state index is 12.9. The number of fused-ring (bicyclic) bond motifs is 6. The summed E-state index contributed by atoms with van der Waals surface area (Å²) in [7, 11) is 0. The lowest BCUT2D eigenvalue weighted by atomic mass is 9.75. The molecule has 1 saturated carbocycles. The van der Waals surface area contributed by atoms with Gasteiger partial charge in [0.2, 0.25) is 0 Å². The molecule has 7 rings (SSSR count). The predicted octanol–water partition coefficient (Wildman–Crippen LogP) is 1.15. The lowest BCUT2D eigenvalue weighted by Crippen LogP contribution is -2.49. The maximum atomic E-state index is 12.9. The maximum Gasteiger partial charge on any atom is 0.251 e. The number of ether oxygens (including phenoxy) is 3. The fraction of sp³-hybridized carbons (Fsp3) is 0.552. The number of nitrogens with zero attached hydrogens (tertiary/aromatic N) is 3. The van der Waals surface area contributed by atoms with E-state index in [4.69, 9.17) is 19.3 Å². The van der Waals surface area contributed by atoms with Crippen molar-refractivity contribution >= 4 is 16.9 Å². The smallest absolute Gasteiger partial charge is 0.251 e. The Morgan fingerprint density at radius 3 is 2.93 bits per heavy atom. The Bertz CT molecular complexity index is 1420. The minimum Gasteiger partial charge on any atom is -0.492 e. The number of pyridine rings is 3. The van der Waals surface area contributed by atoms with E-state index < -0.39 is 18.4 Å². The normalized spacial score (nSPS) is 26.1. The van der Waals surface area contributed by atoms with Crippen LogP contribution in [0.4, 0.5) is 5.82 Å². The van der Waals surface area contributed by atoms with Gasteiger partial charge in [-0.15, -0.1) is 0 Å². The fourth-order valence-electron chi connectivity index (χ4n) is 6.12. The van der Waals surface area contributed by atoms with Crippen molar-refractivity contribution in [3.63, 3.8) is 0 Å². The van der Waals surface area contributed by atoms with Gasteiger partial charge in [-0.25, -0.2) is 4.98 Å². The summed E-state index contributed by atoms with van der Waals surface area (Å²) >= 11 is 0. The third-order valence-electron chi connectivity index (χ3n) is 8.40. The summed E-state index contributed by atoms with van der Waals surface area (Å²) < 4.78 is 19.1. The Morgan fingerprint density at radius 2 is 2.10 bits per heavy atom. The Balaban J connectivity index is 1.13. The summed E-state index contributed by atoms with van der Waals surface area (Å²) in [5, 5.41) is 36.8. The molecule has 12 heteroatoms. The fourth-order valence-corrected chi connectivity index (χ4v) is 6.12. The summed E-state index contributed by atoms with van der Waals surface area (Å²) in [6.45, 7) is 1.62. The number of aliphatic hydroxyl groups excluding tert-OH is 3.